The molecule has 0 aliphatic carbocycles. The Bertz CT molecular complexity index is 524. The Hall–Kier alpha value is -1.33. The van der Waals surface area contributed by atoms with Crippen molar-refractivity contribution >= 4 is 32.4 Å². The van der Waals surface area contributed by atoms with Crippen molar-refractivity contribution in [2.45, 2.75) is 20.3 Å². The van der Waals surface area contributed by atoms with E-state index in [1.807, 2.05) is 18.2 Å². The normalized spacial score (nSPS) is 11.3. The summed E-state index contributed by atoms with van der Waals surface area (Å²) in [4.78, 5) is 4.51. The lowest BCUT2D eigenvalue weighted by Gasteiger charge is -2.06. The van der Waals surface area contributed by atoms with Crippen LogP contribution in [-0.2, 0) is 4.74 Å². The molecule has 0 spiro atoms. The molecule has 3 N–H and O–H groups in total. The van der Waals surface area contributed by atoms with E-state index in [0.717, 1.165) is 47.2 Å². The highest BCUT2D eigenvalue weighted by atomic mass is 32.1. The highest BCUT2D eigenvalue weighted by molar-refractivity contribution is 7.22. The van der Waals surface area contributed by atoms with Crippen LogP contribution in [-0.4, -0.2) is 24.7 Å². The van der Waals surface area contributed by atoms with E-state index in [-0.39, 0.29) is 0 Å². The van der Waals surface area contributed by atoms with Crippen molar-refractivity contribution in [1.82, 2.24) is 4.98 Å². The number of nitrogens with two attached hydrogens (primary N) is 1. The van der Waals surface area contributed by atoms with Gasteiger partial charge in [0.25, 0.3) is 0 Å². The monoisotopic (exact) mass is 279 g/mol. The zero-order valence-corrected chi connectivity index (χ0v) is 12.3. The molecule has 0 saturated carbocycles. The smallest absolute Gasteiger partial charge is 0.183 e. The van der Waals surface area contributed by atoms with Gasteiger partial charge in [-0.25, -0.2) is 4.98 Å². The van der Waals surface area contributed by atoms with Crippen molar-refractivity contribution in [3.05, 3.63) is 18.2 Å². The minimum atomic E-state index is 0.600. The van der Waals surface area contributed by atoms with Gasteiger partial charge in [-0.3, -0.25) is 0 Å². The fourth-order valence-electron chi connectivity index (χ4n) is 1.71. The molecule has 0 aliphatic heterocycles. The summed E-state index contributed by atoms with van der Waals surface area (Å²) in [5.74, 6) is 0.600. The second kappa shape index (κ2) is 6.73. The summed E-state index contributed by atoms with van der Waals surface area (Å²) in [6, 6.07) is 5.80. The highest BCUT2D eigenvalue weighted by Crippen LogP contribution is 2.27. The van der Waals surface area contributed by atoms with E-state index in [9.17, 15) is 0 Å². The number of ether oxygens (including phenoxy) is 1. The first-order valence-electron chi connectivity index (χ1n) is 6.63. The van der Waals surface area contributed by atoms with Crippen molar-refractivity contribution in [1.29, 1.82) is 0 Å². The molecule has 1 heterocycles. The summed E-state index contributed by atoms with van der Waals surface area (Å²) in [5, 5.41) is 4.28. The van der Waals surface area contributed by atoms with Crippen LogP contribution in [0.25, 0.3) is 10.2 Å². The Labute approximate surface area is 118 Å². The van der Waals surface area contributed by atoms with Gasteiger partial charge in [-0.2, -0.15) is 0 Å². The number of rotatable bonds is 7. The quantitative estimate of drug-likeness (QED) is 0.602. The van der Waals surface area contributed by atoms with Crippen LogP contribution in [0.4, 0.5) is 10.8 Å². The number of nitrogen functional groups attached to an aromatic ring is 1. The SMILES string of the molecule is CC(C)COCCCNc1nc2ccc(N)cc2s1. The molecule has 4 nitrogen and oxygen atoms in total. The minimum absolute atomic E-state index is 0.600. The first-order valence-corrected chi connectivity index (χ1v) is 7.44. The second-order valence-electron chi connectivity index (χ2n) is 5.00. The van der Waals surface area contributed by atoms with Gasteiger partial charge in [0.1, 0.15) is 0 Å². The summed E-state index contributed by atoms with van der Waals surface area (Å²) in [5.41, 5.74) is 7.53. The molecule has 104 valence electrons. The Morgan fingerprint density at radius 2 is 2.26 bits per heavy atom. The van der Waals surface area contributed by atoms with Gasteiger partial charge < -0.3 is 15.8 Å². The molecule has 2 rings (SSSR count). The third-order valence-corrected chi connectivity index (χ3v) is 3.58. The van der Waals surface area contributed by atoms with Crippen LogP contribution in [0.2, 0.25) is 0 Å². The molecule has 0 saturated heterocycles. The van der Waals surface area contributed by atoms with Crippen molar-refractivity contribution in [2.24, 2.45) is 5.92 Å². The van der Waals surface area contributed by atoms with Crippen LogP contribution >= 0.6 is 11.3 Å². The molecule has 0 radical (unpaired) electrons. The van der Waals surface area contributed by atoms with E-state index in [1.165, 1.54) is 0 Å². The molecular formula is C14H21N3OS. The number of thiazole rings is 1. The van der Waals surface area contributed by atoms with Gasteiger partial charge in [0.05, 0.1) is 10.2 Å². The molecule has 5 heteroatoms. The number of nitrogens with one attached hydrogen (secondary N) is 1. The predicted molar refractivity (Wildman–Crippen MR) is 82.8 cm³/mol. The van der Waals surface area contributed by atoms with Crippen molar-refractivity contribution in [3.63, 3.8) is 0 Å². The first-order chi connectivity index (χ1) is 9.15. The van der Waals surface area contributed by atoms with Crippen LogP contribution in [0.5, 0.6) is 0 Å². The predicted octanol–water partition coefficient (Wildman–Crippen LogP) is 3.35. The van der Waals surface area contributed by atoms with E-state index in [2.05, 4.69) is 24.1 Å². The molecular weight excluding hydrogens is 258 g/mol. The van der Waals surface area contributed by atoms with Gasteiger partial charge in [0, 0.05) is 25.4 Å². The maximum absolute atomic E-state index is 5.75. The highest BCUT2D eigenvalue weighted by Gasteiger charge is 2.03. The first kappa shape index (κ1) is 14.1. The van der Waals surface area contributed by atoms with Gasteiger partial charge in [-0.1, -0.05) is 25.2 Å². The fourth-order valence-corrected chi connectivity index (χ4v) is 2.65. The number of benzene rings is 1. The maximum atomic E-state index is 5.75. The number of hydrogen-bond acceptors (Lipinski definition) is 5. The van der Waals surface area contributed by atoms with Gasteiger partial charge in [-0.15, -0.1) is 0 Å². The molecule has 19 heavy (non-hydrogen) atoms. The van der Waals surface area contributed by atoms with Crippen LogP contribution in [0.1, 0.15) is 20.3 Å². The van der Waals surface area contributed by atoms with Gasteiger partial charge in [0.15, 0.2) is 5.13 Å². The molecule has 1 aromatic carbocycles. The Kier molecular flexibility index (Phi) is 4.99. The standard InChI is InChI=1S/C14H21N3OS/c1-10(2)9-18-7-3-6-16-14-17-12-5-4-11(15)8-13(12)19-14/h4-5,8,10H,3,6-7,9,15H2,1-2H3,(H,16,17). The van der Waals surface area contributed by atoms with E-state index in [1.54, 1.807) is 11.3 Å². The Morgan fingerprint density at radius 3 is 3.05 bits per heavy atom. The third-order valence-electron chi connectivity index (χ3n) is 2.61. The lowest BCUT2D eigenvalue weighted by molar-refractivity contribution is 0.110. The molecule has 1 aromatic heterocycles. The van der Waals surface area contributed by atoms with Crippen molar-refractivity contribution in [2.75, 3.05) is 30.8 Å². The largest absolute Gasteiger partial charge is 0.399 e. The average Bonchev–Trinajstić information content (AvgIpc) is 2.75. The van der Waals surface area contributed by atoms with E-state index >= 15 is 0 Å². The van der Waals surface area contributed by atoms with Crippen LogP contribution in [0.3, 0.4) is 0 Å². The van der Waals surface area contributed by atoms with Crippen molar-refractivity contribution in [3.8, 4) is 0 Å². The maximum Gasteiger partial charge on any atom is 0.183 e. The summed E-state index contributed by atoms with van der Waals surface area (Å²) >= 11 is 1.64. The average molecular weight is 279 g/mol. The van der Waals surface area contributed by atoms with Gasteiger partial charge in [0.2, 0.25) is 0 Å². The molecule has 0 amide bonds. The summed E-state index contributed by atoms with van der Waals surface area (Å²) in [6.45, 7) is 6.83. The molecule has 0 fully saturated rings. The van der Waals surface area contributed by atoms with Crippen LogP contribution in [0, 0.1) is 5.92 Å². The molecule has 0 unspecified atom stereocenters. The third kappa shape index (κ3) is 4.36. The Balaban J connectivity index is 1.75. The number of nitrogens with zero attached hydrogens (tertiary/aromatic N) is 1. The van der Waals surface area contributed by atoms with Gasteiger partial charge in [-0.05, 0) is 30.5 Å². The van der Waals surface area contributed by atoms with E-state index < -0.39 is 0 Å². The molecule has 0 aliphatic rings. The summed E-state index contributed by atoms with van der Waals surface area (Å²) in [7, 11) is 0. The summed E-state index contributed by atoms with van der Waals surface area (Å²) in [6.07, 6.45) is 0.991. The fraction of sp³-hybridized carbons (Fsp3) is 0.500. The molecule has 0 bridgehead atoms. The lowest BCUT2D eigenvalue weighted by Crippen LogP contribution is -2.08. The number of aromatic nitrogens is 1. The molecule has 2 aromatic rings. The number of fused-ring (bicyclic) bond motifs is 1. The second-order valence-corrected chi connectivity index (χ2v) is 6.03. The van der Waals surface area contributed by atoms with Crippen molar-refractivity contribution < 1.29 is 4.74 Å². The minimum Gasteiger partial charge on any atom is -0.399 e. The molecule has 0 atom stereocenters. The lowest BCUT2D eigenvalue weighted by atomic mass is 10.2. The van der Waals surface area contributed by atoms with E-state index in [4.69, 9.17) is 10.5 Å². The topological polar surface area (TPSA) is 60.2 Å². The number of anilines is 2. The summed E-state index contributed by atoms with van der Waals surface area (Å²) < 4.78 is 6.66. The zero-order chi connectivity index (χ0) is 13.7. The Morgan fingerprint density at radius 1 is 1.42 bits per heavy atom. The number of hydrogen-bond donors (Lipinski definition) is 2. The van der Waals surface area contributed by atoms with Crippen LogP contribution < -0.4 is 11.1 Å². The van der Waals surface area contributed by atoms with Crippen LogP contribution in [0.15, 0.2) is 18.2 Å². The zero-order valence-electron chi connectivity index (χ0n) is 11.5. The van der Waals surface area contributed by atoms with E-state index in [0.29, 0.717) is 5.92 Å². The van der Waals surface area contributed by atoms with Gasteiger partial charge >= 0.3 is 0 Å².